The lowest BCUT2D eigenvalue weighted by Crippen LogP contribution is -2.64. The van der Waals surface area contributed by atoms with E-state index in [1.165, 1.54) is 6.07 Å². The third-order valence-corrected chi connectivity index (χ3v) is 18.9. The van der Waals surface area contributed by atoms with Crippen LogP contribution in [0.15, 0.2) is 89.7 Å². The Hall–Kier alpha value is -7.22. The molecular formula is C65H80FN9O9. The van der Waals surface area contributed by atoms with Crippen molar-refractivity contribution in [2.75, 3.05) is 98.9 Å². The van der Waals surface area contributed by atoms with Crippen molar-refractivity contribution in [1.82, 2.24) is 45.3 Å². The average molecular weight is 1150 g/mol. The van der Waals surface area contributed by atoms with Crippen LogP contribution in [0.4, 0.5) is 4.39 Å². The summed E-state index contributed by atoms with van der Waals surface area (Å²) in [6.07, 6.45) is 9.96. The zero-order valence-corrected chi connectivity index (χ0v) is 48.6. The van der Waals surface area contributed by atoms with E-state index in [0.717, 1.165) is 81.2 Å². The van der Waals surface area contributed by atoms with Crippen molar-refractivity contribution >= 4 is 40.3 Å². The normalized spacial score (nSPS) is 22.6. The summed E-state index contributed by atoms with van der Waals surface area (Å²) < 4.78 is 33.2. The topological polar surface area (TPSA) is 199 Å². The molecule has 7 aliphatic rings. The van der Waals surface area contributed by atoms with E-state index in [2.05, 4.69) is 25.7 Å². The molecule has 1 aromatic heterocycles. The highest BCUT2D eigenvalue weighted by Gasteiger charge is 2.55. The molecule has 18 nitrogen and oxygen atoms in total. The summed E-state index contributed by atoms with van der Waals surface area (Å²) in [6.45, 7) is 9.16. The minimum absolute atomic E-state index is 0.0206. The summed E-state index contributed by atoms with van der Waals surface area (Å²) in [4.78, 5) is 92.6. The molecule has 0 radical (unpaired) electrons. The first-order valence-electron chi connectivity index (χ1n) is 30.5. The molecule has 4 aromatic carbocycles. The number of fused-ring (bicyclic) bond motifs is 4. The Morgan fingerprint density at radius 2 is 1.54 bits per heavy atom. The van der Waals surface area contributed by atoms with Crippen LogP contribution in [0.5, 0.6) is 11.5 Å². The van der Waals surface area contributed by atoms with Gasteiger partial charge in [0.25, 0.3) is 17.4 Å². The zero-order valence-electron chi connectivity index (χ0n) is 48.6. The zero-order chi connectivity index (χ0) is 58.4. The van der Waals surface area contributed by atoms with E-state index in [1.54, 1.807) is 36.3 Å². The average Bonchev–Trinajstić information content (AvgIpc) is 1.71. The lowest BCUT2D eigenvalue weighted by molar-refractivity contribution is -0.203. The fraction of sp³-hybridized carbons (Fsp3) is 0.523. The summed E-state index contributed by atoms with van der Waals surface area (Å²) in [5.41, 5.74) is 2.46. The molecule has 12 rings (SSSR count). The largest absolute Gasteiger partial charge is 0.497 e. The van der Waals surface area contributed by atoms with Crippen molar-refractivity contribution in [3.63, 3.8) is 0 Å². The molecule has 1 unspecified atom stereocenters. The van der Waals surface area contributed by atoms with Gasteiger partial charge in [-0.05, 0) is 112 Å². The van der Waals surface area contributed by atoms with Crippen molar-refractivity contribution in [3.05, 3.63) is 135 Å². The van der Waals surface area contributed by atoms with Gasteiger partial charge in [-0.2, -0.15) is 5.10 Å². The number of carbonyl (C=O) groups is 5. The van der Waals surface area contributed by atoms with E-state index < -0.39 is 23.2 Å². The van der Waals surface area contributed by atoms with Gasteiger partial charge in [0.15, 0.2) is 0 Å². The molecule has 5 aromatic rings. The number of aromatic nitrogens is 2. The van der Waals surface area contributed by atoms with Crippen LogP contribution in [0.25, 0.3) is 10.8 Å². The van der Waals surface area contributed by atoms with Crippen LogP contribution in [0, 0.1) is 17.2 Å². The maximum Gasteiger partial charge on any atom is 0.272 e. The minimum Gasteiger partial charge on any atom is -0.497 e. The van der Waals surface area contributed by atoms with Crippen LogP contribution in [0.1, 0.15) is 127 Å². The first-order valence-corrected chi connectivity index (χ1v) is 30.5. The molecule has 446 valence electrons. The molecule has 2 aliphatic carbocycles. The number of ether oxygens (including phenoxy) is 3. The number of nitrogens with zero attached hydrogens (tertiary/aromatic N) is 6. The predicted octanol–water partition coefficient (Wildman–Crippen LogP) is 6.69. The highest BCUT2D eigenvalue weighted by atomic mass is 19.1. The van der Waals surface area contributed by atoms with Crippen molar-refractivity contribution in [2.24, 2.45) is 11.3 Å². The SMILES string of the molecule is CCOc1cc(OC)ccc1CNCC(=O)N1CCCC(c2cccc(C(=O)N[C@@H](C(=O)N3CCN(CC45CCC(C(=O)N6CCN(C(=O)c7cc(Cc8n[nH]c(=O)c9ccccc89)ccc7F)CC6)(CC4)CO5)CC3)C3CCCCC3)c2)C1. The second-order valence-electron chi connectivity index (χ2n) is 24.1. The quantitative estimate of drug-likeness (QED) is 0.0842. The standard InChI is InChI=1S/C65H80FN9O9/c1-3-83-56-38-50(82-2)20-19-48(56)39-67-40-57(76)75-26-10-15-49(41-75)46-13-9-14-47(37-46)59(77)68-58(45-11-5-4-6-12-45)62(80)73-29-27-71(28-30-73)42-65-24-22-64(23-25-65,43-84-65)63(81)74-33-31-72(32-34-74)61(79)53-35-44(18-21-54(53)66)36-55-51-16-7-8-17-52(51)60(78)70-69-55/h7-9,13-14,16-21,35,37-38,45,49,58,67H,3-6,10-12,15,22-34,36,39-43H2,1-2H3,(H,68,77)(H,70,78)/t49?,58-,64?,65?/m1/s1. The third-order valence-electron chi connectivity index (χ3n) is 18.9. The molecule has 5 aliphatic heterocycles. The third kappa shape index (κ3) is 12.9. The number of carbonyl (C=O) groups excluding carboxylic acids is 5. The first kappa shape index (κ1) is 58.5. The number of halogens is 1. The van der Waals surface area contributed by atoms with Crippen molar-refractivity contribution in [2.45, 2.75) is 108 Å². The van der Waals surface area contributed by atoms with Crippen LogP contribution in [-0.4, -0.2) is 175 Å². The first-order chi connectivity index (χ1) is 40.8. The molecule has 3 N–H and O–H groups in total. The van der Waals surface area contributed by atoms with Gasteiger partial charge in [0, 0.05) is 113 Å². The van der Waals surface area contributed by atoms with Crippen LogP contribution < -0.4 is 25.7 Å². The Bertz CT molecular complexity index is 3250. The van der Waals surface area contributed by atoms with E-state index >= 15 is 4.39 Å². The number of hydrogen-bond acceptors (Lipinski definition) is 12. The summed E-state index contributed by atoms with van der Waals surface area (Å²) >= 11 is 0. The molecule has 5 amide bonds. The van der Waals surface area contributed by atoms with Gasteiger partial charge in [0.2, 0.25) is 17.7 Å². The van der Waals surface area contributed by atoms with Crippen LogP contribution in [-0.2, 0) is 32.1 Å². The lowest BCUT2D eigenvalue weighted by atomic mass is 9.65. The Kier molecular flexibility index (Phi) is 18.1. The van der Waals surface area contributed by atoms with Crippen molar-refractivity contribution < 1.29 is 42.6 Å². The lowest BCUT2D eigenvalue weighted by Gasteiger charge is -2.55. The molecule has 5 saturated heterocycles. The number of methoxy groups -OCH3 is 1. The number of piperidine rings is 1. The highest BCUT2D eigenvalue weighted by Crippen LogP contribution is 2.50. The maximum absolute atomic E-state index is 15.3. The Labute approximate surface area is 490 Å². The van der Waals surface area contributed by atoms with Gasteiger partial charge in [0.05, 0.1) is 54.5 Å². The predicted molar refractivity (Wildman–Crippen MR) is 315 cm³/mol. The summed E-state index contributed by atoms with van der Waals surface area (Å²) in [7, 11) is 1.62. The highest BCUT2D eigenvalue weighted by molar-refractivity contribution is 5.98. The van der Waals surface area contributed by atoms with Crippen LogP contribution >= 0.6 is 0 Å². The summed E-state index contributed by atoms with van der Waals surface area (Å²) in [5.74, 6) is 0.345. The fourth-order valence-electron chi connectivity index (χ4n) is 13.9. The van der Waals surface area contributed by atoms with Gasteiger partial charge in [0.1, 0.15) is 23.4 Å². The monoisotopic (exact) mass is 1150 g/mol. The summed E-state index contributed by atoms with van der Waals surface area (Å²) in [5, 5.41) is 14.6. The van der Waals surface area contributed by atoms with Crippen molar-refractivity contribution in [1.29, 1.82) is 0 Å². The van der Waals surface area contributed by atoms with E-state index in [0.29, 0.717) is 125 Å². The Morgan fingerprint density at radius 3 is 2.27 bits per heavy atom. The van der Waals surface area contributed by atoms with E-state index in [1.807, 2.05) is 76.2 Å². The molecule has 6 heterocycles. The number of rotatable bonds is 18. The Balaban J connectivity index is 0.641. The van der Waals surface area contributed by atoms with Crippen LogP contribution in [0.2, 0.25) is 0 Å². The van der Waals surface area contributed by atoms with Gasteiger partial charge in [-0.1, -0.05) is 61.7 Å². The number of nitrogens with one attached hydrogen (secondary N) is 3. The van der Waals surface area contributed by atoms with E-state index in [-0.39, 0.29) is 71.8 Å². The fourth-order valence-corrected chi connectivity index (χ4v) is 13.9. The molecule has 2 saturated carbocycles. The molecule has 84 heavy (non-hydrogen) atoms. The molecule has 2 atom stereocenters. The molecule has 7 fully saturated rings. The second kappa shape index (κ2) is 26.0. The second-order valence-corrected chi connectivity index (χ2v) is 24.1. The van der Waals surface area contributed by atoms with E-state index in [4.69, 9.17) is 14.2 Å². The Morgan fingerprint density at radius 1 is 0.786 bits per heavy atom. The number of likely N-dealkylation sites (tertiary alicyclic amines) is 1. The van der Waals surface area contributed by atoms with Gasteiger partial charge in [-0.3, -0.25) is 33.7 Å². The van der Waals surface area contributed by atoms with Gasteiger partial charge >= 0.3 is 0 Å². The molecule has 2 bridgehead atoms. The number of benzene rings is 4. The minimum atomic E-state index is -0.626. The number of piperazine rings is 2. The van der Waals surface area contributed by atoms with Gasteiger partial charge in [-0.25, -0.2) is 9.49 Å². The number of amides is 5. The summed E-state index contributed by atoms with van der Waals surface area (Å²) in [6, 6.07) is 24.4. The number of H-pyrrole nitrogens is 1. The van der Waals surface area contributed by atoms with Gasteiger partial charge < -0.3 is 44.4 Å². The molecular weight excluding hydrogens is 1070 g/mol. The number of hydrogen-bond donors (Lipinski definition) is 3. The van der Waals surface area contributed by atoms with Gasteiger partial charge in [-0.15, -0.1) is 0 Å². The maximum atomic E-state index is 15.3. The number of aromatic amines is 1. The molecule has 0 spiro atoms. The molecule has 19 heteroatoms. The van der Waals surface area contributed by atoms with Crippen LogP contribution in [0.3, 0.4) is 0 Å². The van der Waals surface area contributed by atoms with E-state index in [9.17, 15) is 28.8 Å². The smallest absolute Gasteiger partial charge is 0.272 e. The van der Waals surface area contributed by atoms with Crippen molar-refractivity contribution in [3.8, 4) is 11.5 Å².